The van der Waals surface area contributed by atoms with Gasteiger partial charge in [-0.2, -0.15) is 0 Å². The Morgan fingerprint density at radius 3 is 2.24 bits per heavy atom. The molecular formula is C13H12ClN3. The quantitative estimate of drug-likeness (QED) is 0.370. The van der Waals surface area contributed by atoms with Gasteiger partial charge in [0, 0.05) is 5.56 Å². The lowest BCUT2D eigenvalue weighted by Crippen LogP contribution is -2.37. The minimum atomic E-state index is 0.168. The first-order chi connectivity index (χ1) is 8.20. The molecule has 0 aliphatic heterocycles. The first-order valence-corrected chi connectivity index (χ1v) is 5.51. The lowest BCUT2D eigenvalue weighted by atomic mass is 10.2. The van der Waals surface area contributed by atoms with Gasteiger partial charge in [0.1, 0.15) is 5.84 Å². The zero-order chi connectivity index (χ0) is 12.3. The molecular weight excluding hydrogens is 234 g/mol. The number of benzene rings is 2. The largest absolute Gasteiger partial charge is 0.283 e. The summed E-state index contributed by atoms with van der Waals surface area (Å²) in [6.45, 7) is 0. The molecule has 2 rings (SSSR count). The summed E-state index contributed by atoms with van der Waals surface area (Å²) >= 11 is 6.03. The van der Waals surface area contributed by atoms with Gasteiger partial charge in [-0.3, -0.25) is 10.4 Å². The Morgan fingerprint density at radius 1 is 1.00 bits per heavy atom. The van der Waals surface area contributed by atoms with Crippen LogP contribution in [0.3, 0.4) is 0 Å². The van der Waals surface area contributed by atoms with Crippen LogP contribution >= 0.6 is 11.6 Å². The molecule has 0 unspecified atom stereocenters. The van der Waals surface area contributed by atoms with Gasteiger partial charge in [-0.15, -0.1) is 0 Å². The fourth-order valence-electron chi connectivity index (χ4n) is 1.50. The van der Waals surface area contributed by atoms with E-state index in [1.165, 1.54) is 5.01 Å². The highest BCUT2D eigenvalue weighted by Gasteiger charge is 2.12. The number of para-hydroxylation sites is 1. The molecule has 0 atom stereocenters. The fraction of sp³-hybridized carbons (Fsp3) is 0. The van der Waals surface area contributed by atoms with Crippen molar-refractivity contribution in [3.8, 4) is 0 Å². The van der Waals surface area contributed by atoms with Gasteiger partial charge in [0.05, 0.1) is 10.7 Å². The predicted octanol–water partition coefficient (Wildman–Crippen LogP) is 3.05. The molecule has 0 fully saturated rings. The molecule has 17 heavy (non-hydrogen) atoms. The number of hydrogen-bond acceptors (Lipinski definition) is 2. The molecule has 0 heterocycles. The maximum atomic E-state index is 8.03. The lowest BCUT2D eigenvalue weighted by molar-refractivity contribution is 1.11. The molecule has 0 bridgehead atoms. The monoisotopic (exact) mass is 245 g/mol. The molecule has 3 N–H and O–H groups in total. The van der Waals surface area contributed by atoms with E-state index in [1.54, 1.807) is 12.1 Å². The fourth-order valence-corrected chi connectivity index (χ4v) is 1.73. The topological polar surface area (TPSA) is 53.1 Å². The molecule has 86 valence electrons. The lowest BCUT2D eigenvalue weighted by Gasteiger charge is -2.20. The maximum absolute atomic E-state index is 8.03. The molecule has 4 heteroatoms. The molecule has 0 saturated carbocycles. The number of nitrogens with two attached hydrogens (primary N) is 1. The number of hydrazine groups is 1. The SMILES string of the molecule is N=C(c1ccccc1Cl)N(N)c1ccccc1. The highest BCUT2D eigenvalue weighted by Crippen LogP contribution is 2.19. The van der Waals surface area contributed by atoms with Crippen LogP contribution in [-0.2, 0) is 0 Å². The van der Waals surface area contributed by atoms with Crippen LogP contribution in [-0.4, -0.2) is 5.84 Å². The summed E-state index contributed by atoms with van der Waals surface area (Å²) < 4.78 is 0. The van der Waals surface area contributed by atoms with Gasteiger partial charge >= 0.3 is 0 Å². The van der Waals surface area contributed by atoms with Gasteiger partial charge in [-0.1, -0.05) is 41.9 Å². The number of halogens is 1. The van der Waals surface area contributed by atoms with E-state index in [0.717, 1.165) is 5.69 Å². The first kappa shape index (κ1) is 11.6. The third kappa shape index (κ3) is 2.46. The van der Waals surface area contributed by atoms with Crippen molar-refractivity contribution < 1.29 is 0 Å². The van der Waals surface area contributed by atoms with Crippen molar-refractivity contribution in [2.24, 2.45) is 5.84 Å². The van der Waals surface area contributed by atoms with E-state index in [1.807, 2.05) is 42.5 Å². The van der Waals surface area contributed by atoms with Crippen molar-refractivity contribution in [1.82, 2.24) is 0 Å². The summed E-state index contributed by atoms with van der Waals surface area (Å²) in [6, 6.07) is 16.5. The molecule has 0 radical (unpaired) electrons. The van der Waals surface area contributed by atoms with Crippen molar-refractivity contribution >= 4 is 23.1 Å². The van der Waals surface area contributed by atoms with Crippen molar-refractivity contribution in [3.63, 3.8) is 0 Å². The molecule has 0 saturated heterocycles. The van der Waals surface area contributed by atoms with Crippen LogP contribution in [0.1, 0.15) is 5.56 Å². The van der Waals surface area contributed by atoms with E-state index >= 15 is 0 Å². The van der Waals surface area contributed by atoms with Crippen molar-refractivity contribution in [2.45, 2.75) is 0 Å². The third-order valence-electron chi connectivity index (χ3n) is 2.40. The number of nitrogens with one attached hydrogen (secondary N) is 1. The molecule has 2 aromatic rings. The summed E-state index contributed by atoms with van der Waals surface area (Å²) in [5.74, 6) is 6.06. The van der Waals surface area contributed by atoms with Gasteiger partial charge in [-0.25, -0.2) is 5.84 Å². The van der Waals surface area contributed by atoms with E-state index in [-0.39, 0.29) is 5.84 Å². The van der Waals surface area contributed by atoms with Crippen LogP contribution in [0.2, 0.25) is 5.02 Å². The predicted molar refractivity (Wildman–Crippen MR) is 71.4 cm³/mol. The minimum Gasteiger partial charge on any atom is -0.283 e. The number of anilines is 1. The standard InChI is InChI=1S/C13H12ClN3/c14-12-9-5-4-8-11(12)13(15)17(16)10-6-2-1-3-7-10/h1-9,15H,16H2. The van der Waals surface area contributed by atoms with Crippen LogP contribution in [0.15, 0.2) is 54.6 Å². The van der Waals surface area contributed by atoms with Gasteiger partial charge in [0.15, 0.2) is 0 Å². The van der Waals surface area contributed by atoms with Gasteiger partial charge in [-0.05, 0) is 24.3 Å². The summed E-state index contributed by atoms with van der Waals surface area (Å²) in [7, 11) is 0. The molecule has 0 aliphatic carbocycles. The Kier molecular flexibility index (Phi) is 3.42. The summed E-state index contributed by atoms with van der Waals surface area (Å²) in [4.78, 5) is 0. The van der Waals surface area contributed by atoms with Gasteiger partial charge in [0.25, 0.3) is 0 Å². The molecule has 0 spiro atoms. The number of nitrogens with zero attached hydrogens (tertiary/aromatic N) is 1. The second kappa shape index (κ2) is 4.99. The summed E-state index contributed by atoms with van der Waals surface area (Å²) in [6.07, 6.45) is 0. The van der Waals surface area contributed by atoms with E-state index < -0.39 is 0 Å². The molecule has 0 aliphatic rings. The molecule has 0 amide bonds. The minimum absolute atomic E-state index is 0.168. The maximum Gasteiger partial charge on any atom is 0.148 e. The second-order valence-corrected chi connectivity index (χ2v) is 3.94. The Balaban J connectivity index is 2.30. The Hall–Kier alpha value is -1.84. The van der Waals surface area contributed by atoms with E-state index in [4.69, 9.17) is 22.9 Å². The summed E-state index contributed by atoms with van der Waals surface area (Å²) in [5.41, 5.74) is 1.36. The average molecular weight is 246 g/mol. The molecule has 2 aromatic carbocycles. The number of hydrogen-bond donors (Lipinski definition) is 2. The van der Waals surface area contributed by atoms with Gasteiger partial charge in [0.2, 0.25) is 0 Å². The summed E-state index contributed by atoms with van der Waals surface area (Å²) in [5, 5.41) is 9.85. The van der Waals surface area contributed by atoms with Crippen LogP contribution in [0.25, 0.3) is 0 Å². The first-order valence-electron chi connectivity index (χ1n) is 5.13. The van der Waals surface area contributed by atoms with Crippen LogP contribution in [0.4, 0.5) is 5.69 Å². The number of rotatable bonds is 2. The van der Waals surface area contributed by atoms with Crippen LogP contribution in [0.5, 0.6) is 0 Å². The third-order valence-corrected chi connectivity index (χ3v) is 2.73. The van der Waals surface area contributed by atoms with Crippen molar-refractivity contribution in [2.75, 3.05) is 5.01 Å². The van der Waals surface area contributed by atoms with Crippen molar-refractivity contribution in [1.29, 1.82) is 5.41 Å². The zero-order valence-electron chi connectivity index (χ0n) is 9.10. The van der Waals surface area contributed by atoms with E-state index in [0.29, 0.717) is 10.6 Å². The molecule has 0 aromatic heterocycles. The molecule has 3 nitrogen and oxygen atoms in total. The van der Waals surface area contributed by atoms with Gasteiger partial charge < -0.3 is 0 Å². The Labute approximate surface area is 105 Å². The number of amidine groups is 1. The Morgan fingerprint density at radius 2 is 1.59 bits per heavy atom. The second-order valence-electron chi connectivity index (χ2n) is 3.53. The van der Waals surface area contributed by atoms with E-state index in [9.17, 15) is 0 Å². The average Bonchev–Trinajstić information content (AvgIpc) is 2.39. The normalized spacial score (nSPS) is 10.0. The Bertz CT molecular complexity index is 525. The zero-order valence-corrected chi connectivity index (χ0v) is 9.85. The van der Waals surface area contributed by atoms with Crippen LogP contribution < -0.4 is 10.9 Å². The van der Waals surface area contributed by atoms with Crippen LogP contribution in [0, 0.1) is 5.41 Å². The van der Waals surface area contributed by atoms with Crippen molar-refractivity contribution in [3.05, 3.63) is 65.2 Å². The highest BCUT2D eigenvalue weighted by molar-refractivity contribution is 6.34. The highest BCUT2D eigenvalue weighted by atomic mass is 35.5. The smallest absolute Gasteiger partial charge is 0.148 e. The van der Waals surface area contributed by atoms with E-state index in [2.05, 4.69) is 0 Å².